The number of pyridine rings is 2. The highest BCUT2D eigenvalue weighted by Crippen LogP contribution is 2.31. The second-order valence-electron chi connectivity index (χ2n) is 4.13. The smallest absolute Gasteiger partial charge is 0.125 e. The van der Waals surface area contributed by atoms with E-state index in [4.69, 9.17) is 4.84 Å². The van der Waals surface area contributed by atoms with Crippen molar-refractivity contribution in [3.63, 3.8) is 0 Å². The van der Waals surface area contributed by atoms with Gasteiger partial charge in [-0.3, -0.25) is 9.97 Å². The third kappa shape index (κ3) is 2.95. The van der Waals surface area contributed by atoms with Gasteiger partial charge in [-0.15, -0.1) is 11.3 Å². The summed E-state index contributed by atoms with van der Waals surface area (Å²) in [4.78, 5) is 18.7. The quantitative estimate of drug-likeness (QED) is 0.548. The molecule has 0 aliphatic carbocycles. The van der Waals surface area contributed by atoms with Gasteiger partial charge in [0.1, 0.15) is 12.1 Å². The molecule has 0 atom stereocenters. The largest absolute Gasteiger partial charge is 0.399 e. The van der Waals surface area contributed by atoms with Crippen LogP contribution < -0.4 is 0 Å². The van der Waals surface area contributed by atoms with Gasteiger partial charge in [-0.1, -0.05) is 5.16 Å². The fourth-order valence-electron chi connectivity index (χ4n) is 1.84. The van der Waals surface area contributed by atoms with E-state index in [1.54, 1.807) is 36.1 Å². The minimum Gasteiger partial charge on any atom is -0.399 e. The fraction of sp³-hybridized carbons (Fsp3) is 0.0667. The van der Waals surface area contributed by atoms with Gasteiger partial charge in [0.15, 0.2) is 0 Å². The normalized spacial score (nSPS) is 10.9. The highest BCUT2D eigenvalue weighted by atomic mass is 32.1. The second-order valence-corrected chi connectivity index (χ2v) is 5.16. The van der Waals surface area contributed by atoms with Crippen LogP contribution in [0.2, 0.25) is 0 Å². The molecular weight excluding hydrogens is 284 g/mol. The first-order valence-corrected chi connectivity index (χ1v) is 7.08. The number of thiazole rings is 1. The van der Waals surface area contributed by atoms with Crippen molar-refractivity contribution in [1.82, 2.24) is 15.0 Å². The lowest BCUT2D eigenvalue weighted by Crippen LogP contribution is -1.90. The van der Waals surface area contributed by atoms with Crippen LogP contribution in [0, 0.1) is 0 Å². The molecular formula is C15H12N4OS. The number of hydrogen-bond donors (Lipinski definition) is 0. The Bertz CT molecular complexity index is 755. The van der Waals surface area contributed by atoms with E-state index in [9.17, 15) is 0 Å². The van der Waals surface area contributed by atoms with E-state index in [0.717, 1.165) is 26.7 Å². The summed E-state index contributed by atoms with van der Waals surface area (Å²) in [6.07, 6.45) is 8.76. The predicted molar refractivity (Wildman–Crippen MR) is 83.2 cm³/mol. The van der Waals surface area contributed by atoms with Crippen LogP contribution in [0.15, 0.2) is 54.2 Å². The number of hydrogen-bond acceptors (Lipinski definition) is 6. The van der Waals surface area contributed by atoms with Gasteiger partial charge >= 0.3 is 0 Å². The third-order valence-electron chi connectivity index (χ3n) is 2.78. The number of rotatable bonds is 4. The van der Waals surface area contributed by atoms with Gasteiger partial charge in [-0.05, 0) is 24.3 Å². The average Bonchev–Trinajstić information content (AvgIpc) is 3.04. The minimum absolute atomic E-state index is 0.839. The van der Waals surface area contributed by atoms with Crippen LogP contribution in [-0.4, -0.2) is 28.3 Å². The molecule has 0 aliphatic rings. The Morgan fingerprint density at radius 3 is 2.86 bits per heavy atom. The topological polar surface area (TPSA) is 60.3 Å². The Hall–Kier alpha value is -2.60. The summed E-state index contributed by atoms with van der Waals surface area (Å²) in [5.74, 6) is 0. The Labute approximate surface area is 126 Å². The molecule has 3 rings (SSSR count). The maximum absolute atomic E-state index is 4.73. The first-order chi connectivity index (χ1) is 10.4. The number of oxime groups is 1. The van der Waals surface area contributed by atoms with E-state index in [1.165, 1.54) is 7.11 Å². The van der Waals surface area contributed by atoms with Crippen molar-refractivity contribution < 1.29 is 4.84 Å². The summed E-state index contributed by atoms with van der Waals surface area (Å²) >= 11 is 1.57. The van der Waals surface area contributed by atoms with Crippen molar-refractivity contribution in [1.29, 1.82) is 0 Å². The van der Waals surface area contributed by atoms with E-state index < -0.39 is 0 Å². The van der Waals surface area contributed by atoms with Gasteiger partial charge in [0, 0.05) is 35.9 Å². The molecule has 0 N–H and O–H groups in total. The minimum atomic E-state index is 0.839. The molecule has 21 heavy (non-hydrogen) atoms. The molecule has 0 saturated heterocycles. The lowest BCUT2D eigenvalue weighted by atomic mass is 10.2. The van der Waals surface area contributed by atoms with Gasteiger partial charge in [0.25, 0.3) is 0 Å². The Balaban J connectivity index is 1.99. The highest BCUT2D eigenvalue weighted by Gasteiger charge is 2.10. The van der Waals surface area contributed by atoms with Gasteiger partial charge < -0.3 is 4.84 Å². The molecule has 0 radical (unpaired) electrons. The zero-order valence-corrected chi connectivity index (χ0v) is 12.1. The second kappa shape index (κ2) is 6.23. The Morgan fingerprint density at radius 2 is 2.05 bits per heavy atom. The van der Waals surface area contributed by atoms with E-state index in [2.05, 4.69) is 20.1 Å². The molecule has 104 valence electrons. The molecule has 0 fully saturated rings. The first kappa shape index (κ1) is 13.4. The van der Waals surface area contributed by atoms with E-state index in [0.29, 0.717) is 0 Å². The summed E-state index contributed by atoms with van der Waals surface area (Å²) < 4.78 is 0. The molecule has 3 heterocycles. The molecule has 3 aromatic rings. The van der Waals surface area contributed by atoms with Crippen LogP contribution >= 0.6 is 11.3 Å². The van der Waals surface area contributed by atoms with Crippen LogP contribution in [0.5, 0.6) is 0 Å². The zero-order valence-electron chi connectivity index (χ0n) is 11.3. The highest BCUT2D eigenvalue weighted by molar-refractivity contribution is 7.18. The van der Waals surface area contributed by atoms with Gasteiger partial charge in [0.05, 0.1) is 16.8 Å². The first-order valence-electron chi connectivity index (χ1n) is 6.26. The molecule has 0 amide bonds. The average molecular weight is 296 g/mol. The van der Waals surface area contributed by atoms with Crippen LogP contribution in [0.3, 0.4) is 0 Å². The van der Waals surface area contributed by atoms with Crippen LogP contribution in [-0.2, 0) is 4.84 Å². The molecule has 0 aliphatic heterocycles. The maximum Gasteiger partial charge on any atom is 0.125 e. The van der Waals surface area contributed by atoms with Gasteiger partial charge in [-0.2, -0.15) is 0 Å². The molecule has 5 nitrogen and oxygen atoms in total. The lowest BCUT2D eigenvalue weighted by molar-refractivity contribution is 0.215. The van der Waals surface area contributed by atoms with Crippen molar-refractivity contribution in [3.05, 3.63) is 54.6 Å². The van der Waals surface area contributed by atoms with Gasteiger partial charge in [-0.25, -0.2) is 4.98 Å². The molecule has 3 aromatic heterocycles. The zero-order chi connectivity index (χ0) is 14.5. The molecule has 6 heteroatoms. The molecule has 0 aromatic carbocycles. The third-order valence-corrected chi connectivity index (χ3v) is 3.84. The summed E-state index contributed by atoms with van der Waals surface area (Å²) in [6.45, 7) is 0. The van der Waals surface area contributed by atoms with Crippen molar-refractivity contribution in [2.24, 2.45) is 5.16 Å². The summed E-state index contributed by atoms with van der Waals surface area (Å²) in [6, 6.07) is 7.69. The predicted octanol–water partition coefficient (Wildman–Crippen LogP) is 3.25. The van der Waals surface area contributed by atoms with Gasteiger partial charge in [0.2, 0.25) is 0 Å². The summed E-state index contributed by atoms with van der Waals surface area (Å²) in [5.41, 5.74) is 2.73. The van der Waals surface area contributed by atoms with Crippen LogP contribution in [0.1, 0.15) is 5.56 Å². The fourth-order valence-corrected chi connectivity index (χ4v) is 2.77. The molecule has 0 saturated carbocycles. The number of nitrogens with zero attached hydrogens (tertiary/aromatic N) is 4. The molecule has 0 bridgehead atoms. The van der Waals surface area contributed by atoms with E-state index >= 15 is 0 Å². The lowest BCUT2D eigenvalue weighted by Gasteiger charge is -2.00. The number of aromatic nitrogens is 3. The Morgan fingerprint density at radius 1 is 1.14 bits per heavy atom. The van der Waals surface area contributed by atoms with Crippen LogP contribution in [0.25, 0.3) is 21.1 Å². The SMILES string of the molecule is CO/N=C\c1cccnc1-c1cnc(-c2cccnc2)s1. The van der Waals surface area contributed by atoms with E-state index in [-0.39, 0.29) is 0 Å². The standard InChI is InChI=1S/C15H12N4OS/c1-20-19-9-11-4-3-7-17-14(11)13-10-18-15(21-13)12-5-2-6-16-8-12/h2-10H,1H3/b19-9-. The van der Waals surface area contributed by atoms with E-state index in [1.807, 2.05) is 30.5 Å². The van der Waals surface area contributed by atoms with Crippen molar-refractivity contribution in [3.8, 4) is 21.1 Å². The van der Waals surface area contributed by atoms with Crippen molar-refractivity contribution in [2.45, 2.75) is 0 Å². The Kier molecular flexibility index (Phi) is 3.97. The molecule has 0 spiro atoms. The summed E-state index contributed by atoms with van der Waals surface area (Å²) in [7, 11) is 1.51. The van der Waals surface area contributed by atoms with Crippen molar-refractivity contribution in [2.75, 3.05) is 7.11 Å². The summed E-state index contributed by atoms with van der Waals surface area (Å²) in [5, 5.41) is 4.72. The van der Waals surface area contributed by atoms with Crippen LogP contribution in [0.4, 0.5) is 0 Å². The maximum atomic E-state index is 4.73. The van der Waals surface area contributed by atoms with Crippen molar-refractivity contribution >= 4 is 17.6 Å². The molecule has 0 unspecified atom stereocenters. The monoisotopic (exact) mass is 296 g/mol.